The largest absolute Gasteiger partial charge is 0.508 e. The summed E-state index contributed by atoms with van der Waals surface area (Å²) in [4.78, 5) is 48.7. The Balaban J connectivity index is 2.81. The van der Waals surface area contributed by atoms with Crippen LogP contribution in [0.2, 0.25) is 0 Å². The van der Waals surface area contributed by atoms with Crippen molar-refractivity contribution in [3.05, 3.63) is 29.8 Å². The van der Waals surface area contributed by atoms with Crippen LogP contribution in [0.25, 0.3) is 0 Å². The molecule has 0 radical (unpaired) electrons. The number of phenolic OH excluding ortho intramolecular Hbond substituents is 1. The number of aromatic hydroxyl groups is 1. The van der Waals surface area contributed by atoms with Crippen molar-refractivity contribution >= 4 is 23.7 Å². The highest BCUT2D eigenvalue weighted by Crippen LogP contribution is 2.11. The van der Waals surface area contributed by atoms with Crippen molar-refractivity contribution in [2.45, 2.75) is 57.5 Å². The average Bonchev–Trinajstić information content (AvgIpc) is 2.74. The fourth-order valence-corrected chi connectivity index (χ4v) is 2.87. The van der Waals surface area contributed by atoms with Crippen molar-refractivity contribution in [1.82, 2.24) is 16.0 Å². The highest BCUT2D eigenvalue weighted by molar-refractivity contribution is 5.94. The Morgan fingerprint density at radius 1 is 0.909 bits per heavy atom. The Bertz CT molecular complexity index is 828. The number of aliphatic hydroxyl groups excluding tert-OH is 2. The van der Waals surface area contributed by atoms with E-state index in [-0.39, 0.29) is 12.2 Å². The second-order valence-electron chi connectivity index (χ2n) is 8.02. The summed E-state index contributed by atoms with van der Waals surface area (Å²) in [5, 5.41) is 44.7. The average molecular weight is 469 g/mol. The predicted octanol–water partition coefficient (Wildman–Crippen LogP) is -2.17. The molecule has 0 aliphatic rings. The first-order valence-electron chi connectivity index (χ1n) is 10.3. The van der Waals surface area contributed by atoms with Gasteiger partial charge in [-0.25, -0.2) is 4.79 Å². The van der Waals surface area contributed by atoms with E-state index in [9.17, 15) is 39.6 Å². The molecule has 3 amide bonds. The van der Waals surface area contributed by atoms with Gasteiger partial charge in [-0.3, -0.25) is 14.4 Å². The monoisotopic (exact) mass is 468 g/mol. The molecular weight excluding hydrogens is 436 g/mol. The number of hydrogen-bond donors (Lipinski definition) is 8. The van der Waals surface area contributed by atoms with E-state index in [2.05, 4.69) is 16.0 Å². The molecule has 0 heterocycles. The molecule has 33 heavy (non-hydrogen) atoms. The topological polar surface area (TPSA) is 211 Å². The quantitative estimate of drug-likeness (QED) is 0.167. The van der Waals surface area contributed by atoms with Crippen LogP contribution in [0.1, 0.15) is 26.3 Å². The minimum Gasteiger partial charge on any atom is -0.508 e. The number of rotatable bonds is 12. The first-order chi connectivity index (χ1) is 15.4. The zero-order chi connectivity index (χ0) is 25.3. The Kier molecular flexibility index (Phi) is 10.7. The molecular formula is C21H32N4O8. The number of nitrogens with one attached hydrogen (secondary N) is 3. The lowest BCUT2D eigenvalue weighted by atomic mass is 10.0. The molecule has 1 aromatic carbocycles. The van der Waals surface area contributed by atoms with E-state index in [1.165, 1.54) is 19.1 Å². The molecule has 1 aromatic rings. The number of carboxylic acids is 1. The summed E-state index contributed by atoms with van der Waals surface area (Å²) in [5.41, 5.74) is 6.53. The lowest BCUT2D eigenvalue weighted by Crippen LogP contribution is -2.61. The normalized spacial score (nSPS) is 15.6. The Hall–Kier alpha value is -3.22. The molecule has 184 valence electrons. The van der Waals surface area contributed by atoms with Crippen LogP contribution in [0.5, 0.6) is 5.75 Å². The third kappa shape index (κ3) is 8.67. The number of aliphatic carboxylic acids is 1. The van der Waals surface area contributed by atoms with Crippen LogP contribution in [-0.4, -0.2) is 81.0 Å². The molecule has 12 heteroatoms. The second kappa shape index (κ2) is 12.7. The van der Waals surface area contributed by atoms with Gasteiger partial charge in [0, 0.05) is 0 Å². The number of nitrogens with two attached hydrogens (primary N) is 1. The molecule has 9 N–H and O–H groups in total. The lowest BCUT2D eigenvalue weighted by molar-refractivity contribution is -0.144. The maximum absolute atomic E-state index is 12.6. The zero-order valence-corrected chi connectivity index (χ0v) is 18.7. The number of amides is 3. The molecule has 5 atom stereocenters. The highest BCUT2D eigenvalue weighted by atomic mass is 16.4. The van der Waals surface area contributed by atoms with E-state index >= 15 is 0 Å². The van der Waals surface area contributed by atoms with Crippen molar-refractivity contribution in [3.63, 3.8) is 0 Å². The number of carbonyl (C=O) groups excluding carboxylic acids is 3. The van der Waals surface area contributed by atoms with Gasteiger partial charge in [0.2, 0.25) is 17.7 Å². The van der Waals surface area contributed by atoms with Crippen molar-refractivity contribution in [2.75, 3.05) is 6.61 Å². The summed E-state index contributed by atoms with van der Waals surface area (Å²) < 4.78 is 0. The van der Waals surface area contributed by atoms with Crippen molar-refractivity contribution in [1.29, 1.82) is 0 Å². The molecule has 0 aliphatic carbocycles. The van der Waals surface area contributed by atoms with E-state index in [1.54, 1.807) is 26.0 Å². The van der Waals surface area contributed by atoms with Gasteiger partial charge in [0.25, 0.3) is 0 Å². The van der Waals surface area contributed by atoms with Gasteiger partial charge in [0.1, 0.15) is 23.9 Å². The molecule has 12 nitrogen and oxygen atoms in total. The molecule has 0 saturated carbocycles. The Morgan fingerprint density at radius 2 is 1.45 bits per heavy atom. The molecule has 0 saturated heterocycles. The minimum absolute atomic E-state index is 0.0492. The molecule has 0 spiro atoms. The number of benzene rings is 1. The second-order valence-corrected chi connectivity index (χ2v) is 8.02. The highest BCUT2D eigenvalue weighted by Gasteiger charge is 2.32. The summed E-state index contributed by atoms with van der Waals surface area (Å²) in [6, 6.07) is 0.686. The van der Waals surface area contributed by atoms with Gasteiger partial charge in [0.05, 0.1) is 18.8 Å². The predicted molar refractivity (Wildman–Crippen MR) is 117 cm³/mol. The first kappa shape index (κ1) is 27.8. The van der Waals surface area contributed by atoms with Gasteiger partial charge >= 0.3 is 5.97 Å². The summed E-state index contributed by atoms with van der Waals surface area (Å²) in [5.74, 6) is -4.35. The lowest BCUT2D eigenvalue weighted by Gasteiger charge is -2.26. The summed E-state index contributed by atoms with van der Waals surface area (Å²) in [6.45, 7) is 3.55. The molecule has 5 unspecified atom stereocenters. The molecule has 1 rings (SSSR count). The summed E-state index contributed by atoms with van der Waals surface area (Å²) in [6.07, 6.45) is -1.28. The van der Waals surface area contributed by atoms with Gasteiger partial charge in [0.15, 0.2) is 0 Å². The standard InChI is InChI=1S/C21H32N4O8/c1-10(2)16(21(32)33)24-19(30)15(9-26)23-20(31)17(11(3)27)25-18(29)14(22)8-12-4-6-13(28)7-5-12/h4-7,10-11,14-17,26-28H,8-9,22H2,1-3H3,(H,23,31)(H,24,30)(H,25,29)(H,32,33). The molecule has 0 fully saturated rings. The van der Waals surface area contributed by atoms with Crippen LogP contribution in [-0.2, 0) is 25.6 Å². The number of hydrogen-bond acceptors (Lipinski definition) is 8. The van der Waals surface area contributed by atoms with Gasteiger partial charge in [-0.15, -0.1) is 0 Å². The summed E-state index contributed by atoms with van der Waals surface area (Å²) in [7, 11) is 0. The van der Waals surface area contributed by atoms with Crippen molar-refractivity contribution in [2.24, 2.45) is 11.7 Å². The van der Waals surface area contributed by atoms with Crippen LogP contribution in [0, 0.1) is 5.92 Å². The number of carboxylic acid groups (broad SMARTS) is 1. The number of carbonyl (C=O) groups is 4. The van der Waals surface area contributed by atoms with Crippen molar-refractivity contribution < 1.29 is 39.6 Å². The maximum Gasteiger partial charge on any atom is 0.326 e. The fraction of sp³-hybridized carbons (Fsp3) is 0.524. The minimum atomic E-state index is -1.51. The van der Waals surface area contributed by atoms with Crippen LogP contribution >= 0.6 is 0 Å². The van der Waals surface area contributed by atoms with Crippen LogP contribution in [0.4, 0.5) is 0 Å². The van der Waals surface area contributed by atoms with E-state index in [4.69, 9.17) is 5.73 Å². The Labute approximate surface area is 191 Å². The number of aliphatic hydroxyl groups is 2. The molecule has 0 bridgehead atoms. The van der Waals surface area contributed by atoms with Crippen LogP contribution in [0.15, 0.2) is 24.3 Å². The Morgan fingerprint density at radius 3 is 1.91 bits per heavy atom. The third-order valence-electron chi connectivity index (χ3n) is 4.84. The van der Waals surface area contributed by atoms with Gasteiger partial charge in [-0.05, 0) is 37.0 Å². The van der Waals surface area contributed by atoms with E-state index in [0.717, 1.165) is 0 Å². The zero-order valence-electron chi connectivity index (χ0n) is 18.7. The molecule has 0 aromatic heterocycles. The first-order valence-corrected chi connectivity index (χ1v) is 10.3. The van der Waals surface area contributed by atoms with Crippen molar-refractivity contribution in [3.8, 4) is 5.75 Å². The molecule has 0 aliphatic heterocycles. The van der Waals surface area contributed by atoms with Gasteiger partial charge < -0.3 is 42.1 Å². The summed E-state index contributed by atoms with van der Waals surface area (Å²) >= 11 is 0. The fourth-order valence-electron chi connectivity index (χ4n) is 2.87. The van der Waals surface area contributed by atoms with Crippen LogP contribution < -0.4 is 21.7 Å². The van der Waals surface area contributed by atoms with E-state index in [0.29, 0.717) is 5.56 Å². The van der Waals surface area contributed by atoms with Gasteiger partial charge in [-0.2, -0.15) is 0 Å². The maximum atomic E-state index is 12.6. The van der Waals surface area contributed by atoms with E-state index < -0.39 is 66.5 Å². The van der Waals surface area contributed by atoms with Crippen LogP contribution in [0.3, 0.4) is 0 Å². The number of phenols is 1. The van der Waals surface area contributed by atoms with E-state index in [1.807, 2.05) is 0 Å². The third-order valence-corrected chi connectivity index (χ3v) is 4.84. The SMILES string of the molecule is CC(C)C(NC(=O)C(CO)NC(=O)C(NC(=O)C(N)Cc1ccc(O)cc1)C(C)O)C(=O)O. The smallest absolute Gasteiger partial charge is 0.326 e. The van der Waals surface area contributed by atoms with Gasteiger partial charge in [-0.1, -0.05) is 26.0 Å².